The highest BCUT2D eigenvalue weighted by atomic mass is 32.1. The minimum Gasteiger partial charge on any atom is -0.395 e. The number of para-hydroxylation sites is 1. The Morgan fingerprint density at radius 2 is 2.14 bits per heavy atom. The summed E-state index contributed by atoms with van der Waals surface area (Å²) in [5.74, 6) is 0.473. The summed E-state index contributed by atoms with van der Waals surface area (Å²) in [6.07, 6.45) is 6.52. The van der Waals surface area contributed by atoms with E-state index in [-0.39, 0.29) is 18.7 Å². The van der Waals surface area contributed by atoms with Crippen molar-refractivity contribution in [3.8, 4) is 21.7 Å². The Labute approximate surface area is 165 Å². The number of nitrogen functional groups attached to an aromatic ring is 1. The van der Waals surface area contributed by atoms with Crippen LogP contribution >= 0.6 is 11.3 Å². The molecule has 4 aromatic rings. The second-order valence-corrected chi connectivity index (χ2v) is 8.06. The van der Waals surface area contributed by atoms with Crippen molar-refractivity contribution in [2.24, 2.45) is 0 Å². The lowest BCUT2D eigenvalue weighted by molar-refractivity contribution is 0.252. The van der Waals surface area contributed by atoms with E-state index < -0.39 is 0 Å². The van der Waals surface area contributed by atoms with Crippen molar-refractivity contribution in [2.75, 3.05) is 18.9 Å². The van der Waals surface area contributed by atoms with E-state index in [1.807, 2.05) is 41.3 Å². The molecule has 0 amide bonds. The highest BCUT2D eigenvalue weighted by Gasteiger charge is 2.25. The number of nitrogens with two attached hydrogens (primary N) is 1. The first-order valence-electron chi connectivity index (χ1n) is 9.21. The van der Waals surface area contributed by atoms with Crippen molar-refractivity contribution in [2.45, 2.75) is 18.5 Å². The van der Waals surface area contributed by atoms with Crippen LogP contribution in [0.3, 0.4) is 0 Å². The summed E-state index contributed by atoms with van der Waals surface area (Å²) in [5, 5.41) is 18.0. The maximum absolute atomic E-state index is 9.31. The number of aliphatic hydroxyl groups excluding tert-OH is 1. The molecule has 1 fully saturated rings. The topological polar surface area (TPSA) is 102 Å². The van der Waals surface area contributed by atoms with Crippen molar-refractivity contribution in [3.05, 3.63) is 48.9 Å². The third-order valence-corrected chi connectivity index (χ3v) is 6.24. The maximum Gasteiger partial charge on any atom is 0.133 e. The van der Waals surface area contributed by atoms with Crippen LogP contribution in [0.2, 0.25) is 0 Å². The minimum atomic E-state index is 0.140. The minimum absolute atomic E-state index is 0.140. The first-order chi connectivity index (χ1) is 13.7. The number of rotatable bonds is 4. The fraction of sp³-hybridized carbons (Fsp3) is 0.250. The molecule has 0 spiro atoms. The van der Waals surface area contributed by atoms with Gasteiger partial charge in [0.25, 0.3) is 0 Å². The molecule has 0 bridgehead atoms. The van der Waals surface area contributed by atoms with Gasteiger partial charge in [0.2, 0.25) is 0 Å². The molecule has 1 aromatic carbocycles. The van der Waals surface area contributed by atoms with E-state index in [0.717, 1.165) is 44.9 Å². The molecule has 0 aliphatic carbocycles. The average molecular weight is 392 g/mol. The van der Waals surface area contributed by atoms with E-state index in [1.165, 1.54) is 0 Å². The average Bonchev–Trinajstić information content (AvgIpc) is 3.46. The Balaban J connectivity index is 1.48. The molecule has 142 valence electrons. The van der Waals surface area contributed by atoms with Gasteiger partial charge in [-0.05, 0) is 24.6 Å². The summed E-state index contributed by atoms with van der Waals surface area (Å²) >= 11 is 1.61. The lowest BCUT2D eigenvalue weighted by Crippen LogP contribution is -2.24. The number of aromatic nitrogens is 4. The molecular formula is C20H20N6OS. The van der Waals surface area contributed by atoms with Gasteiger partial charge in [0.1, 0.15) is 10.8 Å². The molecular weight excluding hydrogens is 372 g/mol. The standard InChI is InChI=1S/C20H20N6OS/c21-19-16(20-25-17-3-1-2-4-18(17)28-20)5-12(7-23-19)13-8-24-26(10-13)15-6-14(11-27)22-9-15/h1-5,7-8,10,14-15,22,27H,6,9,11H2,(H2,21,23)/t14-,15?/m0/s1. The Hall–Kier alpha value is -2.81. The second-order valence-electron chi connectivity index (χ2n) is 7.03. The quantitative estimate of drug-likeness (QED) is 0.494. The third kappa shape index (κ3) is 3.05. The normalized spacial score (nSPS) is 19.5. The molecule has 0 saturated carbocycles. The van der Waals surface area contributed by atoms with E-state index in [4.69, 9.17) is 10.7 Å². The van der Waals surface area contributed by atoms with Crippen LogP contribution in [-0.2, 0) is 0 Å². The third-order valence-electron chi connectivity index (χ3n) is 5.17. The Morgan fingerprint density at radius 3 is 2.96 bits per heavy atom. The fourth-order valence-electron chi connectivity index (χ4n) is 3.62. The van der Waals surface area contributed by atoms with Gasteiger partial charge in [-0.2, -0.15) is 5.10 Å². The number of anilines is 1. The van der Waals surface area contributed by atoms with E-state index in [9.17, 15) is 5.11 Å². The van der Waals surface area contributed by atoms with Crippen LogP contribution in [0.15, 0.2) is 48.9 Å². The first-order valence-corrected chi connectivity index (χ1v) is 10.0. The van der Waals surface area contributed by atoms with Gasteiger partial charge in [0, 0.05) is 36.1 Å². The van der Waals surface area contributed by atoms with Crippen molar-refractivity contribution in [1.82, 2.24) is 25.1 Å². The Kier molecular flexibility index (Phi) is 4.31. The number of nitrogens with zero attached hydrogens (tertiary/aromatic N) is 4. The van der Waals surface area contributed by atoms with E-state index >= 15 is 0 Å². The summed E-state index contributed by atoms with van der Waals surface area (Å²) in [7, 11) is 0. The van der Waals surface area contributed by atoms with Gasteiger partial charge < -0.3 is 16.2 Å². The summed E-state index contributed by atoms with van der Waals surface area (Å²) in [4.78, 5) is 9.11. The predicted octanol–water partition coefficient (Wildman–Crippen LogP) is 2.70. The highest BCUT2D eigenvalue weighted by Crippen LogP contribution is 2.35. The predicted molar refractivity (Wildman–Crippen MR) is 111 cm³/mol. The largest absolute Gasteiger partial charge is 0.395 e. The number of pyridine rings is 1. The number of fused-ring (bicyclic) bond motifs is 1. The van der Waals surface area contributed by atoms with Crippen molar-refractivity contribution in [3.63, 3.8) is 0 Å². The van der Waals surface area contributed by atoms with E-state index in [0.29, 0.717) is 5.82 Å². The van der Waals surface area contributed by atoms with Gasteiger partial charge in [-0.3, -0.25) is 4.68 Å². The second kappa shape index (κ2) is 6.97. The zero-order valence-electron chi connectivity index (χ0n) is 15.1. The zero-order chi connectivity index (χ0) is 19.1. The maximum atomic E-state index is 9.31. The molecule has 3 aromatic heterocycles. The van der Waals surface area contributed by atoms with Crippen molar-refractivity contribution < 1.29 is 5.11 Å². The molecule has 1 unspecified atom stereocenters. The highest BCUT2D eigenvalue weighted by molar-refractivity contribution is 7.21. The van der Waals surface area contributed by atoms with Crippen molar-refractivity contribution in [1.29, 1.82) is 0 Å². The molecule has 28 heavy (non-hydrogen) atoms. The smallest absolute Gasteiger partial charge is 0.133 e. The van der Waals surface area contributed by atoms with Crippen LogP contribution in [-0.4, -0.2) is 44.0 Å². The molecule has 2 atom stereocenters. The first kappa shape index (κ1) is 17.3. The van der Waals surface area contributed by atoms with Crippen molar-refractivity contribution >= 4 is 27.4 Å². The summed E-state index contributed by atoms with van der Waals surface area (Å²) < 4.78 is 3.09. The van der Waals surface area contributed by atoms with E-state index in [2.05, 4.69) is 21.5 Å². The Bertz CT molecular complexity index is 1100. The van der Waals surface area contributed by atoms with Gasteiger partial charge in [-0.15, -0.1) is 11.3 Å². The number of hydrogen-bond acceptors (Lipinski definition) is 7. The van der Waals surface area contributed by atoms with Crippen LogP contribution in [0.4, 0.5) is 5.82 Å². The molecule has 1 aliphatic heterocycles. The van der Waals surface area contributed by atoms with Crippen LogP contribution in [0.5, 0.6) is 0 Å². The molecule has 4 heterocycles. The van der Waals surface area contributed by atoms with Crippen LogP contribution in [0, 0.1) is 0 Å². The molecule has 7 nitrogen and oxygen atoms in total. The number of nitrogens with one attached hydrogen (secondary N) is 1. The number of hydrogen-bond donors (Lipinski definition) is 3. The van der Waals surface area contributed by atoms with Gasteiger partial charge in [-0.25, -0.2) is 9.97 Å². The lowest BCUT2D eigenvalue weighted by Gasteiger charge is -2.09. The van der Waals surface area contributed by atoms with Crippen LogP contribution in [0.1, 0.15) is 12.5 Å². The number of benzene rings is 1. The Morgan fingerprint density at radius 1 is 1.25 bits per heavy atom. The monoisotopic (exact) mass is 392 g/mol. The summed E-state index contributed by atoms with van der Waals surface area (Å²) in [5.41, 5.74) is 9.91. The van der Waals surface area contributed by atoms with Gasteiger partial charge in [0.15, 0.2) is 0 Å². The molecule has 5 rings (SSSR count). The zero-order valence-corrected chi connectivity index (χ0v) is 15.9. The molecule has 0 radical (unpaired) electrons. The van der Waals surface area contributed by atoms with E-state index in [1.54, 1.807) is 17.5 Å². The van der Waals surface area contributed by atoms with Crippen LogP contribution < -0.4 is 11.1 Å². The SMILES string of the molecule is Nc1ncc(-c2cnn(C3CN[C@H](CO)C3)c2)cc1-c1nc2ccccc2s1. The van der Waals surface area contributed by atoms with Gasteiger partial charge in [0.05, 0.1) is 34.6 Å². The molecule has 4 N–H and O–H groups in total. The molecule has 1 saturated heterocycles. The fourth-order valence-corrected chi connectivity index (χ4v) is 4.61. The molecule has 1 aliphatic rings. The number of aliphatic hydroxyl groups is 1. The number of thiazole rings is 1. The summed E-state index contributed by atoms with van der Waals surface area (Å²) in [6.45, 7) is 0.960. The lowest BCUT2D eigenvalue weighted by atomic mass is 10.1. The molecule has 8 heteroatoms. The van der Waals surface area contributed by atoms with Crippen LogP contribution in [0.25, 0.3) is 31.9 Å². The van der Waals surface area contributed by atoms with Gasteiger partial charge in [-0.1, -0.05) is 12.1 Å². The summed E-state index contributed by atoms with van der Waals surface area (Å²) in [6, 6.07) is 10.5. The van der Waals surface area contributed by atoms with Gasteiger partial charge >= 0.3 is 0 Å².